The quantitative estimate of drug-likeness (QED) is 0.885. The average molecular weight is 258 g/mol. The van der Waals surface area contributed by atoms with Crippen LogP contribution in [0.25, 0.3) is 0 Å². The molecular formula is C17H19FO. The first kappa shape index (κ1) is 13.8. The Morgan fingerprint density at radius 1 is 1.00 bits per heavy atom. The smallest absolute Gasteiger partial charge is 0.123 e. The van der Waals surface area contributed by atoms with Crippen LogP contribution >= 0.6 is 0 Å². The van der Waals surface area contributed by atoms with E-state index in [2.05, 4.69) is 26.0 Å². The molecule has 19 heavy (non-hydrogen) atoms. The van der Waals surface area contributed by atoms with Crippen molar-refractivity contribution < 1.29 is 9.50 Å². The first-order chi connectivity index (χ1) is 9.11. The molecule has 0 heterocycles. The van der Waals surface area contributed by atoms with Gasteiger partial charge < -0.3 is 5.11 Å². The van der Waals surface area contributed by atoms with Gasteiger partial charge in [-0.05, 0) is 54.7 Å². The Kier molecular flexibility index (Phi) is 4.33. The molecule has 1 N–H and O–H groups in total. The van der Waals surface area contributed by atoms with Gasteiger partial charge in [0.25, 0.3) is 0 Å². The predicted octanol–water partition coefficient (Wildman–Crippen LogP) is 3.76. The SMILES string of the molecule is Cc1cccc(C)c1CC(CO)c1ccc(F)cc1. The predicted molar refractivity (Wildman–Crippen MR) is 75.8 cm³/mol. The maximum Gasteiger partial charge on any atom is 0.123 e. The van der Waals surface area contributed by atoms with Crippen molar-refractivity contribution in [2.45, 2.75) is 26.2 Å². The van der Waals surface area contributed by atoms with Gasteiger partial charge in [-0.15, -0.1) is 0 Å². The first-order valence-corrected chi connectivity index (χ1v) is 6.53. The normalized spacial score (nSPS) is 12.4. The molecule has 0 aliphatic heterocycles. The molecule has 0 radical (unpaired) electrons. The van der Waals surface area contributed by atoms with Crippen molar-refractivity contribution in [2.75, 3.05) is 6.61 Å². The summed E-state index contributed by atoms with van der Waals surface area (Å²) in [4.78, 5) is 0. The Hall–Kier alpha value is -1.67. The summed E-state index contributed by atoms with van der Waals surface area (Å²) < 4.78 is 12.9. The van der Waals surface area contributed by atoms with Crippen molar-refractivity contribution in [3.63, 3.8) is 0 Å². The van der Waals surface area contributed by atoms with E-state index >= 15 is 0 Å². The number of aliphatic hydroxyl groups excluding tert-OH is 1. The summed E-state index contributed by atoms with van der Waals surface area (Å²) in [5.41, 5.74) is 4.72. The molecule has 2 aromatic rings. The molecule has 0 saturated heterocycles. The van der Waals surface area contributed by atoms with E-state index in [9.17, 15) is 9.50 Å². The monoisotopic (exact) mass is 258 g/mol. The third kappa shape index (κ3) is 3.21. The van der Waals surface area contributed by atoms with Crippen molar-refractivity contribution in [3.05, 3.63) is 70.5 Å². The Balaban J connectivity index is 2.26. The van der Waals surface area contributed by atoms with Crippen LogP contribution < -0.4 is 0 Å². The molecule has 0 aliphatic carbocycles. The van der Waals surface area contributed by atoms with Crippen LogP contribution in [0.1, 0.15) is 28.2 Å². The zero-order valence-corrected chi connectivity index (χ0v) is 11.4. The molecule has 2 aromatic carbocycles. The second-order valence-electron chi connectivity index (χ2n) is 5.01. The average Bonchev–Trinajstić information content (AvgIpc) is 2.40. The molecule has 0 bridgehead atoms. The van der Waals surface area contributed by atoms with Gasteiger partial charge >= 0.3 is 0 Å². The fourth-order valence-corrected chi connectivity index (χ4v) is 2.44. The van der Waals surface area contributed by atoms with Gasteiger partial charge in [-0.2, -0.15) is 0 Å². The lowest BCUT2D eigenvalue weighted by molar-refractivity contribution is 0.264. The standard InChI is InChI=1S/C17H19FO/c1-12-4-3-5-13(2)17(12)10-15(11-19)14-6-8-16(18)9-7-14/h3-9,15,19H,10-11H2,1-2H3. The molecule has 0 fully saturated rings. The second-order valence-corrected chi connectivity index (χ2v) is 5.01. The zero-order chi connectivity index (χ0) is 13.8. The van der Waals surface area contributed by atoms with Crippen LogP contribution in [0, 0.1) is 19.7 Å². The van der Waals surface area contributed by atoms with Crippen molar-refractivity contribution in [3.8, 4) is 0 Å². The molecule has 100 valence electrons. The molecule has 0 spiro atoms. The maximum absolute atomic E-state index is 12.9. The van der Waals surface area contributed by atoms with Crippen molar-refractivity contribution >= 4 is 0 Å². The summed E-state index contributed by atoms with van der Waals surface area (Å²) in [5.74, 6) is -0.229. The van der Waals surface area contributed by atoms with Gasteiger partial charge in [-0.25, -0.2) is 4.39 Å². The topological polar surface area (TPSA) is 20.2 Å². The lowest BCUT2D eigenvalue weighted by Gasteiger charge is -2.18. The minimum absolute atomic E-state index is 0.0143. The van der Waals surface area contributed by atoms with Gasteiger partial charge in [0.15, 0.2) is 0 Å². The number of rotatable bonds is 4. The van der Waals surface area contributed by atoms with Crippen LogP contribution in [0.3, 0.4) is 0 Å². The van der Waals surface area contributed by atoms with Crippen molar-refractivity contribution in [1.29, 1.82) is 0 Å². The second kappa shape index (κ2) is 5.98. The van der Waals surface area contributed by atoms with Crippen LogP contribution in [0.15, 0.2) is 42.5 Å². The fraction of sp³-hybridized carbons (Fsp3) is 0.294. The van der Waals surface area contributed by atoms with Crippen molar-refractivity contribution in [2.24, 2.45) is 0 Å². The number of hydrogen-bond donors (Lipinski definition) is 1. The highest BCUT2D eigenvalue weighted by atomic mass is 19.1. The highest BCUT2D eigenvalue weighted by molar-refractivity contribution is 5.35. The Bertz CT molecular complexity index is 525. The maximum atomic E-state index is 12.9. The van der Waals surface area contributed by atoms with Gasteiger partial charge in [0.2, 0.25) is 0 Å². The Labute approximate surface area is 113 Å². The van der Waals surface area contributed by atoms with Gasteiger partial charge in [-0.1, -0.05) is 30.3 Å². The summed E-state index contributed by atoms with van der Waals surface area (Å²) in [5, 5.41) is 9.60. The molecule has 0 aromatic heterocycles. The lowest BCUT2D eigenvalue weighted by Crippen LogP contribution is -2.10. The fourth-order valence-electron chi connectivity index (χ4n) is 2.44. The highest BCUT2D eigenvalue weighted by Gasteiger charge is 2.14. The molecule has 1 atom stereocenters. The van der Waals surface area contributed by atoms with E-state index in [-0.39, 0.29) is 18.3 Å². The van der Waals surface area contributed by atoms with Crippen LogP contribution in [-0.4, -0.2) is 11.7 Å². The largest absolute Gasteiger partial charge is 0.396 e. The molecule has 2 rings (SSSR count). The minimum atomic E-state index is -0.243. The van der Waals surface area contributed by atoms with Gasteiger partial charge in [0.1, 0.15) is 5.82 Å². The molecule has 0 aliphatic rings. The van der Waals surface area contributed by atoms with Crippen LogP contribution in [0.5, 0.6) is 0 Å². The molecule has 0 amide bonds. The van der Waals surface area contributed by atoms with E-state index in [1.807, 2.05) is 6.07 Å². The number of aliphatic hydroxyl groups is 1. The Morgan fingerprint density at radius 3 is 2.11 bits per heavy atom. The first-order valence-electron chi connectivity index (χ1n) is 6.53. The summed E-state index contributed by atoms with van der Waals surface area (Å²) in [6.07, 6.45) is 0.778. The van der Waals surface area contributed by atoms with Gasteiger partial charge in [0, 0.05) is 5.92 Å². The molecule has 1 unspecified atom stereocenters. The summed E-state index contributed by atoms with van der Waals surface area (Å²) >= 11 is 0. The molecule has 2 heteroatoms. The lowest BCUT2D eigenvalue weighted by atomic mass is 9.89. The number of hydrogen-bond acceptors (Lipinski definition) is 1. The van der Waals surface area contributed by atoms with Crippen LogP contribution in [0.4, 0.5) is 4.39 Å². The third-order valence-electron chi connectivity index (χ3n) is 3.66. The number of aryl methyl sites for hydroxylation is 2. The van der Waals surface area contributed by atoms with E-state index in [0.29, 0.717) is 0 Å². The minimum Gasteiger partial charge on any atom is -0.396 e. The van der Waals surface area contributed by atoms with E-state index in [0.717, 1.165) is 12.0 Å². The van der Waals surface area contributed by atoms with E-state index in [1.54, 1.807) is 12.1 Å². The number of benzene rings is 2. The number of halogens is 1. The zero-order valence-electron chi connectivity index (χ0n) is 11.4. The third-order valence-corrected chi connectivity index (χ3v) is 3.66. The summed E-state index contributed by atoms with van der Waals surface area (Å²) in [7, 11) is 0. The van der Waals surface area contributed by atoms with E-state index < -0.39 is 0 Å². The van der Waals surface area contributed by atoms with Crippen molar-refractivity contribution in [1.82, 2.24) is 0 Å². The van der Waals surface area contributed by atoms with E-state index in [1.165, 1.54) is 28.8 Å². The summed E-state index contributed by atoms with van der Waals surface area (Å²) in [6, 6.07) is 12.6. The van der Waals surface area contributed by atoms with Gasteiger partial charge in [0.05, 0.1) is 6.61 Å². The van der Waals surface area contributed by atoms with Crippen LogP contribution in [0.2, 0.25) is 0 Å². The van der Waals surface area contributed by atoms with E-state index in [4.69, 9.17) is 0 Å². The van der Waals surface area contributed by atoms with Gasteiger partial charge in [-0.3, -0.25) is 0 Å². The highest BCUT2D eigenvalue weighted by Crippen LogP contribution is 2.24. The Morgan fingerprint density at radius 2 is 1.58 bits per heavy atom. The van der Waals surface area contributed by atoms with Crippen LogP contribution in [-0.2, 0) is 6.42 Å². The molecule has 0 saturated carbocycles. The molecular weight excluding hydrogens is 239 g/mol. The molecule has 1 nitrogen and oxygen atoms in total. The summed E-state index contributed by atoms with van der Waals surface area (Å²) in [6.45, 7) is 4.24.